The molecule has 2 aliphatic heterocycles. The van der Waals surface area contributed by atoms with E-state index in [0.717, 1.165) is 36.0 Å². The van der Waals surface area contributed by atoms with Gasteiger partial charge in [0.15, 0.2) is 9.84 Å². The Kier molecular flexibility index (Phi) is 13.2. The number of sulfone groups is 1. The minimum Gasteiger partial charge on any atom is -0.491 e. The van der Waals surface area contributed by atoms with E-state index >= 15 is 0 Å². The van der Waals surface area contributed by atoms with Gasteiger partial charge in [-0.3, -0.25) is 4.21 Å². The first-order chi connectivity index (χ1) is 27.6. The van der Waals surface area contributed by atoms with Crippen LogP contribution < -0.4 is 9.47 Å². The van der Waals surface area contributed by atoms with Gasteiger partial charge in [0, 0.05) is 27.9 Å². The molecule has 1 fully saturated rings. The van der Waals surface area contributed by atoms with Crippen molar-refractivity contribution in [2.24, 2.45) is 23.2 Å². The van der Waals surface area contributed by atoms with E-state index in [2.05, 4.69) is 6.92 Å². The van der Waals surface area contributed by atoms with Crippen molar-refractivity contribution in [3.63, 3.8) is 0 Å². The van der Waals surface area contributed by atoms with Crippen LogP contribution in [-0.2, 0) is 30.1 Å². The van der Waals surface area contributed by atoms with Crippen molar-refractivity contribution in [2.45, 2.75) is 80.3 Å². The molecule has 11 heteroatoms. The van der Waals surface area contributed by atoms with Gasteiger partial charge >= 0.3 is 0 Å². The van der Waals surface area contributed by atoms with E-state index < -0.39 is 44.2 Å². The van der Waals surface area contributed by atoms with E-state index in [9.17, 15) is 22.8 Å². The molecule has 9 unspecified atom stereocenters. The summed E-state index contributed by atoms with van der Waals surface area (Å²) in [6, 6.07) is 30.4. The highest BCUT2D eigenvalue weighted by atomic mass is 32.2. The molecule has 0 aromatic heterocycles. The molecule has 7 rings (SSSR count). The van der Waals surface area contributed by atoms with Crippen LogP contribution in [0, 0.1) is 23.2 Å². The van der Waals surface area contributed by atoms with Crippen molar-refractivity contribution in [2.75, 3.05) is 44.7 Å². The molecular formula is C46H56O9S2. The van der Waals surface area contributed by atoms with Crippen molar-refractivity contribution >= 4 is 20.6 Å². The first-order valence-electron chi connectivity index (χ1n) is 20.3. The molecule has 1 saturated carbocycles. The zero-order valence-corrected chi connectivity index (χ0v) is 34.8. The van der Waals surface area contributed by atoms with Crippen LogP contribution >= 0.6 is 0 Å². The normalized spacial score (nSPS) is 29.0. The fourth-order valence-electron chi connectivity index (χ4n) is 9.36. The van der Waals surface area contributed by atoms with E-state index in [0.29, 0.717) is 40.0 Å². The molecule has 57 heavy (non-hydrogen) atoms. The summed E-state index contributed by atoms with van der Waals surface area (Å²) < 4.78 is 65.0. The van der Waals surface area contributed by atoms with Gasteiger partial charge in [-0.15, -0.1) is 0 Å². The predicted molar refractivity (Wildman–Crippen MR) is 221 cm³/mol. The summed E-state index contributed by atoms with van der Waals surface area (Å²) in [4.78, 5) is 0.909. The maximum absolute atomic E-state index is 14.3. The average Bonchev–Trinajstić information content (AvgIpc) is 4.02. The fourth-order valence-corrected chi connectivity index (χ4v) is 13.2. The SMILES string of the molecule is CCCC1CC1C1(CC)CS(=O)(=O)c2cc(OCCOCOCCOc3ccc4c(c3)S(=O)CC(C)C(O)C4c3ccccc3)ccc2C(c2ccccc2)C1O. The van der Waals surface area contributed by atoms with Gasteiger partial charge in [-0.05, 0) is 77.1 Å². The molecular weight excluding hydrogens is 761 g/mol. The van der Waals surface area contributed by atoms with Crippen molar-refractivity contribution < 1.29 is 41.8 Å². The van der Waals surface area contributed by atoms with Gasteiger partial charge in [0.2, 0.25) is 0 Å². The van der Waals surface area contributed by atoms with Crippen LogP contribution in [-0.4, -0.2) is 79.8 Å². The molecule has 0 spiro atoms. The summed E-state index contributed by atoms with van der Waals surface area (Å²) >= 11 is 0. The summed E-state index contributed by atoms with van der Waals surface area (Å²) in [6.45, 7) is 7.07. The lowest BCUT2D eigenvalue weighted by Crippen LogP contribution is -2.44. The van der Waals surface area contributed by atoms with Gasteiger partial charge < -0.3 is 29.2 Å². The Bertz CT molecular complexity index is 2090. The van der Waals surface area contributed by atoms with Gasteiger partial charge in [-0.25, -0.2) is 8.42 Å². The number of aliphatic hydroxyl groups excluding tert-OH is 2. The van der Waals surface area contributed by atoms with Crippen LogP contribution in [0.5, 0.6) is 11.5 Å². The lowest BCUT2D eigenvalue weighted by atomic mass is 9.68. The molecule has 4 aromatic carbocycles. The summed E-state index contributed by atoms with van der Waals surface area (Å²) in [7, 11) is -5.04. The molecule has 2 N–H and O–H groups in total. The zero-order chi connectivity index (χ0) is 40.2. The highest BCUT2D eigenvalue weighted by Gasteiger charge is 2.59. The third-order valence-electron chi connectivity index (χ3n) is 12.4. The number of hydrogen-bond acceptors (Lipinski definition) is 9. The molecule has 3 aliphatic rings. The number of benzene rings is 4. The smallest absolute Gasteiger partial charge is 0.179 e. The van der Waals surface area contributed by atoms with E-state index in [4.69, 9.17) is 18.9 Å². The van der Waals surface area contributed by atoms with E-state index in [1.54, 1.807) is 12.1 Å². The molecule has 0 radical (unpaired) electrons. The van der Waals surface area contributed by atoms with Gasteiger partial charge in [0.05, 0.1) is 46.9 Å². The fraction of sp³-hybridized carbons (Fsp3) is 0.478. The summed E-state index contributed by atoms with van der Waals surface area (Å²) in [5, 5.41) is 23.5. The van der Waals surface area contributed by atoms with Crippen LogP contribution in [0.15, 0.2) is 107 Å². The molecule has 306 valence electrons. The number of fused-ring (bicyclic) bond motifs is 2. The highest BCUT2D eigenvalue weighted by Crippen LogP contribution is 2.61. The highest BCUT2D eigenvalue weighted by molar-refractivity contribution is 7.91. The van der Waals surface area contributed by atoms with Crippen molar-refractivity contribution in [3.05, 3.63) is 119 Å². The van der Waals surface area contributed by atoms with Crippen LogP contribution in [0.4, 0.5) is 0 Å². The van der Waals surface area contributed by atoms with E-state index in [-0.39, 0.29) is 61.6 Å². The Hall–Kier alpha value is -3.58. The van der Waals surface area contributed by atoms with E-state index in [1.165, 1.54) is 0 Å². The molecule has 0 amide bonds. The van der Waals surface area contributed by atoms with Gasteiger partial charge in [-0.1, -0.05) is 106 Å². The summed E-state index contributed by atoms with van der Waals surface area (Å²) in [5.74, 6) is 1.00. The molecule has 0 bridgehead atoms. The molecule has 1 aliphatic carbocycles. The van der Waals surface area contributed by atoms with Gasteiger partial charge in [0.1, 0.15) is 31.5 Å². The minimum atomic E-state index is -3.76. The number of hydrogen-bond donors (Lipinski definition) is 2. The van der Waals surface area contributed by atoms with Crippen molar-refractivity contribution in [1.29, 1.82) is 0 Å². The third-order valence-corrected chi connectivity index (χ3v) is 16.0. The lowest BCUT2D eigenvalue weighted by molar-refractivity contribution is -0.0662. The quantitative estimate of drug-likeness (QED) is 0.0873. The van der Waals surface area contributed by atoms with Gasteiger partial charge in [0.25, 0.3) is 0 Å². The summed E-state index contributed by atoms with van der Waals surface area (Å²) in [5.41, 5.74) is 2.61. The van der Waals surface area contributed by atoms with Gasteiger partial charge in [-0.2, -0.15) is 0 Å². The van der Waals surface area contributed by atoms with Crippen LogP contribution in [0.3, 0.4) is 0 Å². The first kappa shape index (κ1) is 41.6. The Morgan fingerprint density at radius 2 is 1.37 bits per heavy atom. The van der Waals surface area contributed by atoms with Crippen molar-refractivity contribution in [1.82, 2.24) is 0 Å². The van der Waals surface area contributed by atoms with Crippen LogP contribution in [0.1, 0.15) is 80.5 Å². The number of aliphatic hydroxyl groups is 2. The molecule has 0 saturated heterocycles. The predicted octanol–water partition coefficient (Wildman–Crippen LogP) is 7.50. The maximum atomic E-state index is 14.3. The molecule has 9 atom stereocenters. The van der Waals surface area contributed by atoms with Crippen molar-refractivity contribution in [3.8, 4) is 11.5 Å². The Morgan fingerprint density at radius 1 is 0.772 bits per heavy atom. The lowest BCUT2D eigenvalue weighted by Gasteiger charge is -2.40. The first-order valence-corrected chi connectivity index (χ1v) is 23.3. The molecule has 2 heterocycles. The monoisotopic (exact) mass is 816 g/mol. The largest absolute Gasteiger partial charge is 0.491 e. The third kappa shape index (κ3) is 8.89. The standard InChI is InChI=1S/C46H56O9S2/c1-4-12-34-25-39(34)46(5-2)29-57(50,51)41-27-36(18-20-38(41)43(45(46)48)33-15-10-7-11-16-33)55-24-22-53-30-52-21-23-54-35-17-19-37-40(26-35)56(49)28-31(3)44(47)42(37)32-13-8-6-9-14-32/h6-11,13-20,26-27,31,34,39,42-45,47-48H,4-5,12,21-25,28-30H2,1-3H3. The van der Waals surface area contributed by atoms with Crippen LogP contribution in [0.2, 0.25) is 0 Å². The molecule has 4 aromatic rings. The maximum Gasteiger partial charge on any atom is 0.179 e. The summed E-state index contributed by atoms with van der Waals surface area (Å²) in [6.07, 6.45) is 2.12. The minimum absolute atomic E-state index is 0.0178. The topological polar surface area (TPSA) is 129 Å². The number of rotatable bonds is 16. The zero-order valence-electron chi connectivity index (χ0n) is 33.1. The molecule has 9 nitrogen and oxygen atoms in total. The van der Waals surface area contributed by atoms with Crippen LogP contribution in [0.25, 0.3) is 0 Å². The second kappa shape index (κ2) is 18.1. The Morgan fingerprint density at radius 3 is 1.98 bits per heavy atom. The van der Waals surface area contributed by atoms with E-state index in [1.807, 2.05) is 98.8 Å². The number of ether oxygens (including phenoxy) is 4. The average molecular weight is 817 g/mol. The second-order valence-corrected chi connectivity index (χ2v) is 19.4. The second-order valence-electron chi connectivity index (χ2n) is 16.0. The Balaban J connectivity index is 0.926. The Labute approximate surface area is 340 Å².